The van der Waals surface area contributed by atoms with Crippen LogP contribution in [0, 0.1) is 13.8 Å². The van der Waals surface area contributed by atoms with E-state index in [0.717, 1.165) is 29.1 Å². The lowest BCUT2D eigenvalue weighted by Gasteiger charge is -2.36. The van der Waals surface area contributed by atoms with Crippen molar-refractivity contribution >= 4 is 17.2 Å². The SMILES string of the molecule is Cc1cc(C(=O)N2CCN(C(C)c3nc(-c4ccccc4)no3)CC2)c(C)s1. The molecule has 3 heterocycles. The number of hydrogen-bond acceptors (Lipinski definition) is 6. The molecule has 1 fully saturated rings. The number of amides is 1. The number of aromatic nitrogens is 2. The molecule has 0 N–H and O–H groups in total. The van der Waals surface area contributed by atoms with Crippen LogP contribution in [0.5, 0.6) is 0 Å². The molecule has 3 aromatic rings. The van der Waals surface area contributed by atoms with E-state index in [9.17, 15) is 4.79 Å². The zero-order chi connectivity index (χ0) is 19.7. The molecule has 1 saturated heterocycles. The van der Waals surface area contributed by atoms with Gasteiger partial charge in [0.15, 0.2) is 0 Å². The predicted octanol–water partition coefficient (Wildman–Crippen LogP) is 3.93. The van der Waals surface area contributed by atoms with Gasteiger partial charge in [-0.3, -0.25) is 9.69 Å². The molecule has 7 heteroatoms. The highest BCUT2D eigenvalue weighted by Crippen LogP contribution is 2.25. The van der Waals surface area contributed by atoms with Crippen molar-refractivity contribution in [3.05, 3.63) is 57.6 Å². The molecule has 0 spiro atoms. The Labute approximate surface area is 168 Å². The molecule has 0 radical (unpaired) electrons. The first kappa shape index (κ1) is 18.8. The minimum Gasteiger partial charge on any atom is -0.337 e. The molecule has 0 saturated carbocycles. The molecule has 2 aromatic heterocycles. The minimum atomic E-state index is 0.0207. The van der Waals surface area contributed by atoms with Crippen LogP contribution in [0.3, 0.4) is 0 Å². The van der Waals surface area contributed by atoms with Crippen molar-refractivity contribution in [2.75, 3.05) is 26.2 Å². The van der Waals surface area contributed by atoms with E-state index in [-0.39, 0.29) is 11.9 Å². The monoisotopic (exact) mass is 396 g/mol. The van der Waals surface area contributed by atoms with Gasteiger partial charge >= 0.3 is 0 Å². The van der Waals surface area contributed by atoms with Gasteiger partial charge in [-0.2, -0.15) is 4.98 Å². The molecular weight excluding hydrogens is 372 g/mol. The van der Waals surface area contributed by atoms with E-state index in [4.69, 9.17) is 4.52 Å². The highest BCUT2D eigenvalue weighted by molar-refractivity contribution is 7.12. The van der Waals surface area contributed by atoms with Crippen LogP contribution in [0.2, 0.25) is 0 Å². The highest BCUT2D eigenvalue weighted by atomic mass is 32.1. The molecule has 1 aromatic carbocycles. The molecular formula is C21H24N4O2S. The van der Waals surface area contributed by atoms with Gasteiger partial charge in [-0.15, -0.1) is 11.3 Å². The van der Waals surface area contributed by atoms with Gasteiger partial charge in [-0.25, -0.2) is 0 Å². The summed E-state index contributed by atoms with van der Waals surface area (Å²) in [7, 11) is 0. The smallest absolute Gasteiger partial charge is 0.255 e. The molecule has 6 nitrogen and oxygen atoms in total. The van der Waals surface area contributed by atoms with E-state index in [0.29, 0.717) is 24.8 Å². The van der Waals surface area contributed by atoms with E-state index in [1.54, 1.807) is 11.3 Å². The summed E-state index contributed by atoms with van der Waals surface area (Å²) in [5.74, 6) is 1.36. The van der Waals surface area contributed by atoms with Gasteiger partial charge in [0, 0.05) is 41.5 Å². The number of benzene rings is 1. The third kappa shape index (κ3) is 3.72. The molecule has 1 aliphatic heterocycles. The first-order valence-corrected chi connectivity index (χ1v) is 10.3. The molecule has 28 heavy (non-hydrogen) atoms. The quantitative estimate of drug-likeness (QED) is 0.669. The molecule has 146 valence electrons. The number of rotatable bonds is 4. The molecule has 1 atom stereocenters. The lowest BCUT2D eigenvalue weighted by Crippen LogP contribution is -2.49. The fraction of sp³-hybridized carbons (Fsp3) is 0.381. The zero-order valence-corrected chi connectivity index (χ0v) is 17.2. The van der Waals surface area contributed by atoms with Crippen LogP contribution < -0.4 is 0 Å². The van der Waals surface area contributed by atoms with Crippen molar-refractivity contribution in [3.63, 3.8) is 0 Å². The molecule has 1 unspecified atom stereocenters. The minimum absolute atomic E-state index is 0.0207. The van der Waals surface area contributed by atoms with E-state index in [2.05, 4.69) is 22.0 Å². The van der Waals surface area contributed by atoms with E-state index in [1.165, 1.54) is 4.88 Å². The number of carbonyl (C=O) groups excluding carboxylic acids is 1. The maximum absolute atomic E-state index is 12.8. The Balaban J connectivity index is 1.39. The summed E-state index contributed by atoms with van der Waals surface area (Å²) in [6.45, 7) is 9.13. The van der Waals surface area contributed by atoms with E-state index < -0.39 is 0 Å². The van der Waals surface area contributed by atoms with Crippen molar-refractivity contribution in [2.24, 2.45) is 0 Å². The third-order valence-electron chi connectivity index (χ3n) is 5.25. The summed E-state index contributed by atoms with van der Waals surface area (Å²) in [4.78, 5) is 23.9. The van der Waals surface area contributed by atoms with Gasteiger partial charge in [-0.05, 0) is 26.8 Å². The molecule has 0 aliphatic carbocycles. The number of thiophene rings is 1. The molecule has 1 aliphatic rings. The van der Waals surface area contributed by atoms with Gasteiger partial charge in [0.2, 0.25) is 11.7 Å². The average molecular weight is 397 g/mol. The van der Waals surface area contributed by atoms with Crippen LogP contribution in [0.1, 0.15) is 39.0 Å². The van der Waals surface area contributed by atoms with Crippen LogP contribution in [0.15, 0.2) is 40.9 Å². The fourth-order valence-corrected chi connectivity index (χ4v) is 4.51. The second-order valence-electron chi connectivity index (χ2n) is 7.15. The average Bonchev–Trinajstić information content (AvgIpc) is 3.34. The zero-order valence-electron chi connectivity index (χ0n) is 16.4. The molecule has 1 amide bonds. The van der Waals surface area contributed by atoms with Crippen molar-refractivity contribution in [2.45, 2.75) is 26.8 Å². The Bertz CT molecular complexity index is 958. The second-order valence-corrected chi connectivity index (χ2v) is 8.61. The molecule has 0 bridgehead atoms. The summed E-state index contributed by atoms with van der Waals surface area (Å²) in [6, 6.07) is 11.8. The Kier molecular flexibility index (Phi) is 5.28. The Hall–Kier alpha value is -2.51. The standard InChI is InChI=1S/C21H24N4O2S/c1-14-13-18(16(3)28-14)21(26)25-11-9-24(10-12-25)15(2)20-22-19(23-27-20)17-7-5-4-6-8-17/h4-8,13,15H,9-12H2,1-3H3. The van der Waals surface area contributed by atoms with Crippen LogP contribution in [0.25, 0.3) is 11.4 Å². The molecule has 4 rings (SSSR count). The maximum atomic E-state index is 12.8. The van der Waals surface area contributed by atoms with Gasteiger partial charge < -0.3 is 9.42 Å². The van der Waals surface area contributed by atoms with Gasteiger partial charge in [0.25, 0.3) is 5.91 Å². The lowest BCUT2D eigenvalue weighted by atomic mass is 10.1. The number of hydrogen-bond donors (Lipinski definition) is 0. The first-order valence-electron chi connectivity index (χ1n) is 9.52. The largest absolute Gasteiger partial charge is 0.337 e. The van der Waals surface area contributed by atoms with E-state index >= 15 is 0 Å². The van der Waals surface area contributed by atoms with Gasteiger partial charge in [0.05, 0.1) is 11.6 Å². The van der Waals surface area contributed by atoms with Crippen LogP contribution in [0.4, 0.5) is 0 Å². The predicted molar refractivity (Wildman–Crippen MR) is 109 cm³/mol. The summed E-state index contributed by atoms with van der Waals surface area (Å²) < 4.78 is 5.51. The van der Waals surface area contributed by atoms with Crippen molar-refractivity contribution < 1.29 is 9.32 Å². The normalized spacial score (nSPS) is 16.3. The van der Waals surface area contributed by atoms with Gasteiger partial charge in [-0.1, -0.05) is 35.5 Å². The summed E-state index contributed by atoms with van der Waals surface area (Å²) in [5, 5.41) is 4.12. The second kappa shape index (κ2) is 7.85. The van der Waals surface area contributed by atoms with Crippen molar-refractivity contribution in [3.8, 4) is 11.4 Å². The summed E-state index contributed by atoms with van der Waals surface area (Å²) >= 11 is 1.68. The number of piperazine rings is 1. The maximum Gasteiger partial charge on any atom is 0.255 e. The lowest BCUT2D eigenvalue weighted by molar-refractivity contribution is 0.0551. The van der Waals surface area contributed by atoms with Crippen molar-refractivity contribution in [1.29, 1.82) is 0 Å². The third-order valence-corrected chi connectivity index (χ3v) is 6.22. The summed E-state index contributed by atoms with van der Waals surface area (Å²) in [6.07, 6.45) is 0. The first-order chi connectivity index (χ1) is 13.5. The fourth-order valence-electron chi connectivity index (χ4n) is 3.59. The summed E-state index contributed by atoms with van der Waals surface area (Å²) in [5.41, 5.74) is 1.79. The number of aryl methyl sites for hydroxylation is 2. The Morgan fingerprint density at radius 3 is 2.50 bits per heavy atom. The van der Waals surface area contributed by atoms with Crippen LogP contribution in [-0.4, -0.2) is 52.0 Å². The van der Waals surface area contributed by atoms with Crippen molar-refractivity contribution in [1.82, 2.24) is 19.9 Å². The number of nitrogens with zero attached hydrogens (tertiary/aromatic N) is 4. The Morgan fingerprint density at radius 2 is 1.86 bits per heavy atom. The van der Waals surface area contributed by atoms with E-state index in [1.807, 2.05) is 55.1 Å². The topological polar surface area (TPSA) is 62.5 Å². The van der Waals surface area contributed by atoms with Crippen LogP contribution in [-0.2, 0) is 0 Å². The Morgan fingerprint density at radius 1 is 1.14 bits per heavy atom. The van der Waals surface area contributed by atoms with Crippen LogP contribution >= 0.6 is 11.3 Å². The highest BCUT2D eigenvalue weighted by Gasteiger charge is 2.29. The number of carbonyl (C=O) groups is 1. The van der Waals surface area contributed by atoms with Gasteiger partial charge in [0.1, 0.15) is 0 Å².